The molecule has 5 aliphatic carbocycles. The van der Waals surface area contributed by atoms with Crippen LogP contribution in [0.25, 0.3) is 0 Å². The van der Waals surface area contributed by atoms with Crippen LogP contribution in [-0.2, 0) is 99.6 Å². The minimum absolute atomic E-state index is 0.114. The van der Waals surface area contributed by atoms with E-state index >= 15 is 4.79 Å². The van der Waals surface area contributed by atoms with Crippen molar-refractivity contribution >= 4 is 38.6 Å². The number of carbonyl (C=O) groups is 3. The van der Waals surface area contributed by atoms with Crippen LogP contribution < -0.4 is 0 Å². The zero-order chi connectivity index (χ0) is 91.9. The summed E-state index contributed by atoms with van der Waals surface area (Å²) in [5.41, 5.74) is -4.17. The predicted octanol–water partition coefficient (Wildman–Crippen LogP) is -6.58. The van der Waals surface area contributed by atoms with Gasteiger partial charge in [-0.2, -0.15) is 0 Å². The molecular formula is C81H131IO43. The summed E-state index contributed by atoms with van der Waals surface area (Å²) in [6.45, 7) is 15.9. The molecule has 22 N–H and O–H groups in total. The minimum atomic E-state index is -2.50. The van der Waals surface area contributed by atoms with Crippen molar-refractivity contribution in [1.29, 1.82) is 0 Å². The quantitative estimate of drug-likeness (QED) is 0.00794. The van der Waals surface area contributed by atoms with Gasteiger partial charge in [0.1, 0.15) is 141 Å². The Balaban J connectivity index is 0.822. The molecule has 43 nitrogen and oxygen atoms in total. The van der Waals surface area contributed by atoms with Crippen molar-refractivity contribution in [2.75, 3.05) is 33.0 Å². The maximum atomic E-state index is 16.3. The van der Waals surface area contributed by atoms with Crippen molar-refractivity contribution in [3.63, 3.8) is 0 Å². The van der Waals surface area contributed by atoms with E-state index in [1.807, 2.05) is 6.92 Å². The lowest BCUT2D eigenvalue weighted by Gasteiger charge is -2.72. The van der Waals surface area contributed by atoms with E-state index in [1.54, 1.807) is 0 Å². The van der Waals surface area contributed by atoms with Gasteiger partial charge in [0.05, 0.1) is 75.1 Å². The molecule has 12 rings (SSSR count). The Bertz CT molecular complexity index is 3590. The van der Waals surface area contributed by atoms with E-state index in [4.69, 9.17) is 85.3 Å². The third kappa shape index (κ3) is 20.1. The lowest BCUT2D eigenvalue weighted by atomic mass is 9.32. The molecule has 0 aromatic heterocycles. The summed E-state index contributed by atoms with van der Waals surface area (Å²) in [6.07, 6.45) is -67.2. The number of aliphatic hydroxyl groups is 22. The molecule has 11 fully saturated rings. The van der Waals surface area contributed by atoms with Crippen molar-refractivity contribution in [1.82, 2.24) is 0 Å². The first-order valence-electron chi connectivity index (χ1n) is 43.0. The van der Waals surface area contributed by atoms with Crippen LogP contribution >= 0.6 is 22.6 Å². The third-order valence-corrected chi connectivity index (χ3v) is 29.6. The summed E-state index contributed by atoms with van der Waals surface area (Å²) in [4.78, 5) is 44.1. The van der Waals surface area contributed by atoms with E-state index in [1.165, 1.54) is 57.2 Å². The monoisotopic (exact) mass is 1920 g/mol. The average molecular weight is 1920 g/mol. The van der Waals surface area contributed by atoms with Gasteiger partial charge in [0.25, 0.3) is 0 Å². The highest BCUT2D eigenvalue weighted by Crippen LogP contribution is 2.77. The summed E-state index contributed by atoms with van der Waals surface area (Å²) in [5, 5.41) is 242. The molecule has 7 saturated heterocycles. The van der Waals surface area contributed by atoms with E-state index in [9.17, 15) is 122 Å². The number of allylic oxidation sites excluding steroid dienone is 2. The van der Waals surface area contributed by atoms with Gasteiger partial charge >= 0.3 is 5.97 Å². The number of esters is 1. The van der Waals surface area contributed by atoms with Gasteiger partial charge < -0.3 is 202 Å². The maximum Gasteiger partial charge on any atom is 0.315 e. The lowest BCUT2D eigenvalue weighted by molar-refractivity contribution is -0.411. The van der Waals surface area contributed by atoms with Crippen LogP contribution in [0.2, 0.25) is 0 Å². The van der Waals surface area contributed by atoms with Gasteiger partial charge in [0.2, 0.25) is 35.2 Å². The van der Waals surface area contributed by atoms with Gasteiger partial charge in [-0.05, 0) is 138 Å². The largest absolute Gasteiger partial charge is 0.432 e. The zero-order valence-corrected chi connectivity index (χ0v) is 73.6. The van der Waals surface area contributed by atoms with Gasteiger partial charge in [-0.3, -0.25) is 9.59 Å². The number of carbonyl (C=O) groups excluding carboxylic acids is 3. The Hall–Kier alpha value is -2.28. The number of aliphatic hydroxyl groups excluding tert-OH is 21. The number of hydrogen-bond acceptors (Lipinski definition) is 43. The Morgan fingerprint density at radius 1 is 0.520 bits per heavy atom. The van der Waals surface area contributed by atoms with E-state index in [2.05, 4.69) is 40.7 Å². The second-order valence-corrected chi connectivity index (χ2v) is 39.2. The lowest BCUT2D eigenvalue weighted by Crippen LogP contribution is -2.68. The zero-order valence-electron chi connectivity index (χ0n) is 71.5. The van der Waals surface area contributed by atoms with Crippen molar-refractivity contribution in [3.05, 3.63) is 11.6 Å². The molecule has 12 aliphatic rings. The van der Waals surface area contributed by atoms with Crippen molar-refractivity contribution < 1.29 is 212 Å². The fourth-order valence-electron chi connectivity index (χ4n) is 21.7. The number of rotatable bonds is 30. The molecule has 7 heterocycles. The fourth-order valence-corrected chi connectivity index (χ4v) is 22.4. The molecule has 125 heavy (non-hydrogen) atoms. The average Bonchev–Trinajstić information content (AvgIpc) is 0.668. The predicted molar refractivity (Wildman–Crippen MR) is 420 cm³/mol. The summed E-state index contributed by atoms with van der Waals surface area (Å²) in [6, 6.07) is 0. The molecule has 42 unspecified atom stereocenters. The van der Waals surface area contributed by atoms with Crippen LogP contribution in [0.3, 0.4) is 0 Å². The van der Waals surface area contributed by atoms with Crippen LogP contribution in [0.4, 0.5) is 0 Å². The van der Waals surface area contributed by atoms with Crippen molar-refractivity contribution in [2.24, 2.45) is 50.2 Å². The Morgan fingerprint density at radius 3 is 1.64 bits per heavy atom. The number of halogens is 1. The Labute approximate surface area is 734 Å². The molecule has 720 valence electrons. The first kappa shape index (κ1) is 102. The normalized spacial score (nSPS) is 49.8. The molecule has 0 spiro atoms. The Morgan fingerprint density at radius 2 is 1.03 bits per heavy atom. The number of ether oxygens (including phenoxy) is 18. The van der Waals surface area contributed by atoms with Gasteiger partial charge in [0, 0.05) is 28.0 Å². The van der Waals surface area contributed by atoms with Crippen LogP contribution in [0.1, 0.15) is 140 Å². The second-order valence-electron chi connectivity index (χ2n) is 38.1. The molecule has 0 bridgehead atoms. The summed E-state index contributed by atoms with van der Waals surface area (Å²) in [7, 11) is 0. The SMILES string of the molecule is CC(O)COC(OC(OC1OC(CO)C(O)C(O)C1O)C(OC(C(=O)I)C(C)O)O[C@H]1CC[C@@]2(C)C(C1)[C@@](C)(C=O)C[C@]1(C)C2CC=C2C3CC(C)(C)CC[C@]3(C(=O)OC3OC(C)C(OC4OC(C)C(O)C(OC5OCC(O)C(O)C5O)C4O)C(O)C3OC3OC(C)C(OC4OCC(O)C(OC5OC(CO)C(O)C(O)C5O)C4O)C(O)C3O)CC[C@]21C)C(O)O. The van der Waals surface area contributed by atoms with E-state index in [-0.39, 0.29) is 38.0 Å². The van der Waals surface area contributed by atoms with Crippen LogP contribution in [0.15, 0.2) is 11.6 Å². The first-order chi connectivity index (χ1) is 58.5. The minimum Gasteiger partial charge on any atom is -0.432 e. The van der Waals surface area contributed by atoms with Gasteiger partial charge in [-0.25, -0.2) is 0 Å². The summed E-state index contributed by atoms with van der Waals surface area (Å²) < 4.78 is 108. The van der Waals surface area contributed by atoms with Crippen LogP contribution in [0.5, 0.6) is 0 Å². The fraction of sp³-hybridized carbons (Fsp3) is 0.938. The topological polar surface area (TPSA) is 662 Å². The molecule has 0 radical (unpaired) electrons. The molecule has 4 saturated carbocycles. The van der Waals surface area contributed by atoms with Crippen molar-refractivity contribution in [2.45, 2.75) is 393 Å². The van der Waals surface area contributed by atoms with Crippen LogP contribution in [-0.4, -0.2) is 414 Å². The number of aldehydes is 1. The summed E-state index contributed by atoms with van der Waals surface area (Å²) in [5.74, 6) is -2.04. The number of fused-ring (bicyclic) bond motifs is 7. The second kappa shape index (κ2) is 40.3. The van der Waals surface area contributed by atoms with Crippen LogP contribution in [0, 0.1) is 50.2 Å². The van der Waals surface area contributed by atoms with E-state index in [0.717, 1.165) is 11.9 Å². The van der Waals surface area contributed by atoms with E-state index in [0.29, 0.717) is 32.1 Å². The maximum absolute atomic E-state index is 16.3. The molecule has 48 atom stereocenters. The summed E-state index contributed by atoms with van der Waals surface area (Å²) >= 11 is 1.39. The molecule has 0 aromatic carbocycles. The Kier molecular flexibility index (Phi) is 32.8. The standard InChI is InChI=1S/C81H131IO43/c1-29(86)24-108-72(64(105)106)124-74(123-69-52(99)48(95)46(93)40(23-84)116-69)73(117-57(30(2)87)63(82)104)114-34-14-15-78(9)41-13-12-35-36-21-76(6,7)16-18-81(36,19-17-79(35,10)80(41,11)27-77(8,28-85)42(78)20-34)75(107)125-71-62(54(101)59(33(5)113-71)119-70-56(103)61(43(90)31(3)111-70)121-65-50(97)44(91)37(88)25-109-65)122-67-53(100)49(96)58(32(4)112-67)118-66-55(102)60(38(89)26-110-66)120-68-51(98)47(94)45(92)39(22-83)115-68/h12,28-34,36-62,64-74,83-84,86-103,105-106H,13-27H2,1-11H3/t29?,30?,31?,32?,33?,34-,36?,37?,38?,39?,40?,41?,42?,43?,44?,45?,46?,47?,48?,49?,50?,51?,52?,53?,54?,55?,56?,57?,58?,59?,60?,61?,62?,65?,66?,67?,68?,69?,70?,71?,72?,73?,74?,77+,78+,79+,80+,81-/m0/s1. The number of hydrogen-bond donors (Lipinski definition) is 22. The highest BCUT2D eigenvalue weighted by Gasteiger charge is 2.72. The first-order valence-corrected chi connectivity index (χ1v) is 44.0. The third-order valence-electron chi connectivity index (χ3n) is 29.0. The highest BCUT2D eigenvalue weighted by atomic mass is 127. The van der Waals surface area contributed by atoms with E-state index < -0.39 is 339 Å². The molecular weight excluding hydrogens is 1790 g/mol. The van der Waals surface area contributed by atoms with Gasteiger partial charge in [0.15, 0.2) is 49.9 Å². The smallest absolute Gasteiger partial charge is 0.315 e. The van der Waals surface area contributed by atoms with Gasteiger partial charge in [-0.1, -0.05) is 53.2 Å². The van der Waals surface area contributed by atoms with Crippen molar-refractivity contribution in [3.8, 4) is 0 Å². The molecule has 0 amide bonds. The highest BCUT2D eigenvalue weighted by molar-refractivity contribution is 14.1. The molecule has 0 aromatic rings. The van der Waals surface area contributed by atoms with Gasteiger partial charge in [-0.15, -0.1) is 0 Å². The molecule has 7 aliphatic heterocycles. The molecule has 44 heteroatoms.